The number of rotatable bonds is 8. The van der Waals surface area contributed by atoms with Gasteiger partial charge in [-0.1, -0.05) is 57.7 Å². The Balaban J connectivity index is 2.11. The van der Waals surface area contributed by atoms with Crippen LogP contribution in [0, 0.1) is 6.92 Å². The molecule has 2 rings (SSSR count). The molecule has 1 heterocycles. The molecule has 1 aromatic rings. The van der Waals surface area contributed by atoms with E-state index in [4.69, 9.17) is 4.74 Å². The first kappa shape index (κ1) is 17.3. The van der Waals surface area contributed by atoms with Gasteiger partial charge in [-0.25, -0.2) is 0 Å². The number of fused-ring (bicyclic) bond motifs is 1. The quantitative estimate of drug-likeness (QED) is 0.636. The molecule has 1 N–H and O–H groups in total. The third-order valence-corrected chi connectivity index (χ3v) is 5.15. The van der Waals surface area contributed by atoms with Crippen molar-refractivity contribution in [2.75, 3.05) is 6.54 Å². The van der Waals surface area contributed by atoms with Crippen LogP contribution in [0.2, 0.25) is 0 Å². The Hall–Kier alpha value is -1.02. The van der Waals surface area contributed by atoms with E-state index >= 15 is 0 Å². The highest BCUT2D eigenvalue weighted by Gasteiger charge is 2.38. The van der Waals surface area contributed by atoms with Gasteiger partial charge < -0.3 is 10.1 Å². The maximum absolute atomic E-state index is 6.41. The lowest BCUT2D eigenvalue weighted by atomic mass is 9.83. The van der Waals surface area contributed by atoms with Crippen LogP contribution in [0.3, 0.4) is 0 Å². The van der Waals surface area contributed by atoms with Crippen molar-refractivity contribution in [1.82, 2.24) is 5.32 Å². The van der Waals surface area contributed by atoms with E-state index in [-0.39, 0.29) is 5.60 Å². The highest BCUT2D eigenvalue weighted by Crippen LogP contribution is 2.43. The van der Waals surface area contributed by atoms with Gasteiger partial charge in [0.1, 0.15) is 11.4 Å². The summed E-state index contributed by atoms with van der Waals surface area (Å²) in [6, 6.07) is 7.06. The first-order valence-electron chi connectivity index (χ1n) is 9.17. The maximum atomic E-state index is 6.41. The number of hydrogen-bond donors (Lipinski definition) is 1. The maximum Gasteiger partial charge on any atom is 0.124 e. The molecule has 0 saturated carbocycles. The Morgan fingerprint density at radius 2 is 1.91 bits per heavy atom. The standard InChI is InChI=1S/C20H33NO/c1-5-8-9-10-13-21-18-15-20(6-2,7-3)22-19-12-11-16(4)14-17(18)19/h11-12,14,18,21H,5-10,13,15H2,1-4H3. The third kappa shape index (κ3) is 4.04. The van der Waals surface area contributed by atoms with Gasteiger partial charge in [-0.2, -0.15) is 0 Å². The predicted molar refractivity (Wildman–Crippen MR) is 94.6 cm³/mol. The van der Waals surface area contributed by atoms with Crippen LogP contribution in [0.25, 0.3) is 0 Å². The molecule has 0 spiro atoms. The molecular formula is C20H33NO. The molecule has 0 saturated heterocycles. The van der Waals surface area contributed by atoms with Crippen LogP contribution < -0.4 is 10.1 Å². The highest BCUT2D eigenvalue weighted by atomic mass is 16.5. The summed E-state index contributed by atoms with van der Waals surface area (Å²) in [7, 11) is 0. The molecule has 2 nitrogen and oxygen atoms in total. The molecule has 0 amide bonds. The van der Waals surface area contributed by atoms with Crippen molar-refractivity contribution in [3.63, 3.8) is 0 Å². The highest BCUT2D eigenvalue weighted by molar-refractivity contribution is 5.41. The van der Waals surface area contributed by atoms with Gasteiger partial charge in [-0.3, -0.25) is 0 Å². The molecular weight excluding hydrogens is 270 g/mol. The van der Waals surface area contributed by atoms with Gasteiger partial charge in [0.05, 0.1) is 0 Å². The third-order valence-electron chi connectivity index (χ3n) is 5.15. The van der Waals surface area contributed by atoms with E-state index in [1.165, 1.54) is 36.8 Å². The summed E-state index contributed by atoms with van der Waals surface area (Å²) in [5.74, 6) is 1.09. The van der Waals surface area contributed by atoms with Crippen LogP contribution in [0.5, 0.6) is 5.75 Å². The van der Waals surface area contributed by atoms with Gasteiger partial charge in [0.15, 0.2) is 0 Å². The fraction of sp³-hybridized carbons (Fsp3) is 0.700. The Kier molecular flexibility index (Phi) is 6.31. The zero-order valence-corrected chi connectivity index (χ0v) is 14.9. The Labute approximate surface area is 136 Å². The lowest BCUT2D eigenvalue weighted by molar-refractivity contribution is 0.0227. The van der Waals surface area contributed by atoms with Crippen molar-refractivity contribution < 1.29 is 4.74 Å². The molecule has 1 aliphatic rings. The lowest BCUT2D eigenvalue weighted by Gasteiger charge is -2.42. The van der Waals surface area contributed by atoms with E-state index in [2.05, 4.69) is 51.2 Å². The molecule has 0 bridgehead atoms. The fourth-order valence-electron chi connectivity index (χ4n) is 3.48. The monoisotopic (exact) mass is 303 g/mol. The molecule has 2 heteroatoms. The SMILES string of the molecule is CCCCCCNC1CC(CC)(CC)Oc2ccc(C)cc21. The minimum atomic E-state index is 0.00332. The van der Waals surface area contributed by atoms with Gasteiger partial charge >= 0.3 is 0 Å². The number of hydrogen-bond acceptors (Lipinski definition) is 2. The van der Waals surface area contributed by atoms with Crippen molar-refractivity contribution in [2.45, 2.75) is 84.3 Å². The van der Waals surface area contributed by atoms with Crippen molar-refractivity contribution in [2.24, 2.45) is 0 Å². The van der Waals surface area contributed by atoms with Crippen LogP contribution in [-0.2, 0) is 0 Å². The summed E-state index contributed by atoms with van der Waals surface area (Å²) in [4.78, 5) is 0. The van der Waals surface area contributed by atoms with E-state index in [0.717, 1.165) is 31.6 Å². The molecule has 0 aromatic heterocycles. The Morgan fingerprint density at radius 1 is 1.14 bits per heavy atom. The second kappa shape index (κ2) is 8.01. The van der Waals surface area contributed by atoms with E-state index < -0.39 is 0 Å². The van der Waals surface area contributed by atoms with Gasteiger partial charge in [0, 0.05) is 18.0 Å². The summed E-state index contributed by atoms with van der Waals surface area (Å²) in [6.45, 7) is 10.0. The van der Waals surface area contributed by atoms with Gasteiger partial charge in [0.2, 0.25) is 0 Å². The normalized spacial score (nSPS) is 19.5. The molecule has 124 valence electrons. The number of nitrogens with one attached hydrogen (secondary N) is 1. The molecule has 22 heavy (non-hydrogen) atoms. The van der Waals surface area contributed by atoms with E-state index in [9.17, 15) is 0 Å². The summed E-state index contributed by atoms with van der Waals surface area (Å²) in [6.07, 6.45) is 8.49. The number of unbranched alkanes of at least 4 members (excludes halogenated alkanes) is 3. The van der Waals surface area contributed by atoms with Crippen LogP contribution in [0.15, 0.2) is 18.2 Å². The second-order valence-corrected chi connectivity index (χ2v) is 6.80. The largest absolute Gasteiger partial charge is 0.487 e. The molecule has 1 aliphatic heterocycles. The molecule has 1 atom stereocenters. The average molecular weight is 303 g/mol. The molecule has 1 unspecified atom stereocenters. The average Bonchev–Trinajstić information content (AvgIpc) is 2.54. The van der Waals surface area contributed by atoms with E-state index in [1.807, 2.05) is 0 Å². The number of aryl methyl sites for hydroxylation is 1. The van der Waals surface area contributed by atoms with Crippen LogP contribution in [0.1, 0.15) is 82.9 Å². The zero-order valence-electron chi connectivity index (χ0n) is 14.9. The van der Waals surface area contributed by atoms with Crippen molar-refractivity contribution in [3.8, 4) is 5.75 Å². The van der Waals surface area contributed by atoms with Crippen LogP contribution >= 0.6 is 0 Å². The van der Waals surface area contributed by atoms with Gasteiger partial charge in [-0.05, 0) is 38.8 Å². The first-order valence-corrected chi connectivity index (χ1v) is 9.17. The van der Waals surface area contributed by atoms with Crippen molar-refractivity contribution in [1.29, 1.82) is 0 Å². The minimum Gasteiger partial charge on any atom is -0.487 e. The minimum absolute atomic E-state index is 0.00332. The fourth-order valence-corrected chi connectivity index (χ4v) is 3.48. The Morgan fingerprint density at radius 3 is 2.59 bits per heavy atom. The smallest absolute Gasteiger partial charge is 0.124 e. The summed E-state index contributed by atoms with van der Waals surface area (Å²) in [5, 5.41) is 3.81. The molecule has 0 radical (unpaired) electrons. The lowest BCUT2D eigenvalue weighted by Crippen LogP contribution is -2.43. The zero-order chi connectivity index (χ0) is 16.0. The van der Waals surface area contributed by atoms with Crippen molar-refractivity contribution in [3.05, 3.63) is 29.3 Å². The van der Waals surface area contributed by atoms with Crippen molar-refractivity contribution >= 4 is 0 Å². The Bertz CT molecular complexity index is 465. The summed E-state index contributed by atoms with van der Waals surface area (Å²) < 4.78 is 6.41. The van der Waals surface area contributed by atoms with Crippen LogP contribution in [0.4, 0.5) is 0 Å². The molecule has 0 aliphatic carbocycles. The van der Waals surface area contributed by atoms with E-state index in [0.29, 0.717) is 6.04 Å². The first-order chi connectivity index (χ1) is 10.6. The summed E-state index contributed by atoms with van der Waals surface area (Å²) in [5.41, 5.74) is 2.68. The second-order valence-electron chi connectivity index (χ2n) is 6.80. The van der Waals surface area contributed by atoms with E-state index in [1.54, 1.807) is 0 Å². The topological polar surface area (TPSA) is 21.3 Å². The predicted octanol–water partition coefficient (Wildman–Crippen LogP) is 5.55. The number of benzene rings is 1. The van der Waals surface area contributed by atoms with Crippen LogP contribution in [-0.4, -0.2) is 12.1 Å². The summed E-state index contributed by atoms with van der Waals surface area (Å²) >= 11 is 0. The number of ether oxygens (including phenoxy) is 1. The molecule has 0 fully saturated rings. The molecule has 1 aromatic carbocycles. The van der Waals surface area contributed by atoms with Gasteiger partial charge in [0.25, 0.3) is 0 Å². The van der Waals surface area contributed by atoms with Gasteiger partial charge in [-0.15, -0.1) is 0 Å².